The number of carbonyl (C=O) groups is 1. The van der Waals surface area contributed by atoms with Crippen LogP contribution in [0, 0.1) is 17.8 Å². The molecule has 134 valence electrons. The molecule has 1 atom stereocenters. The molecule has 24 heavy (non-hydrogen) atoms. The predicted molar refractivity (Wildman–Crippen MR) is 98.6 cm³/mol. The Hall–Kier alpha value is -1.53. The van der Waals surface area contributed by atoms with Crippen molar-refractivity contribution in [2.75, 3.05) is 0 Å². The fourth-order valence-corrected chi connectivity index (χ4v) is 2.97. The van der Waals surface area contributed by atoms with Crippen LogP contribution in [-0.4, -0.2) is 22.3 Å². The van der Waals surface area contributed by atoms with Gasteiger partial charge in [0.05, 0.1) is 0 Å². The first-order valence-electron chi connectivity index (χ1n) is 9.41. The lowest BCUT2D eigenvalue weighted by Crippen LogP contribution is -2.20. The Morgan fingerprint density at radius 3 is 2.29 bits per heavy atom. The van der Waals surface area contributed by atoms with E-state index in [1.54, 1.807) is 0 Å². The highest BCUT2D eigenvalue weighted by Crippen LogP contribution is 2.26. The minimum absolute atomic E-state index is 0.256. The Bertz CT molecular complexity index is 447. The summed E-state index contributed by atoms with van der Waals surface area (Å²) < 4.78 is 0. The monoisotopic (exact) mass is 332 g/mol. The molecule has 0 aromatic carbocycles. The number of aliphatic hydroxyl groups is 1. The van der Waals surface area contributed by atoms with Crippen LogP contribution in [0.4, 0.5) is 0 Å². The number of rotatable bonds is 10. The highest BCUT2D eigenvalue weighted by molar-refractivity contribution is 5.66. The molecule has 0 spiro atoms. The van der Waals surface area contributed by atoms with Crippen LogP contribution in [0.2, 0.25) is 0 Å². The van der Waals surface area contributed by atoms with E-state index in [4.69, 9.17) is 5.11 Å². The van der Waals surface area contributed by atoms with Gasteiger partial charge in [-0.3, -0.25) is 4.79 Å². The molecule has 1 aliphatic carbocycles. The molecule has 1 fully saturated rings. The molecule has 0 aliphatic heterocycles. The van der Waals surface area contributed by atoms with E-state index in [9.17, 15) is 9.90 Å². The summed E-state index contributed by atoms with van der Waals surface area (Å²) in [6.07, 6.45) is 19.9. The largest absolute Gasteiger partial charge is 0.481 e. The summed E-state index contributed by atoms with van der Waals surface area (Å²) in [4.78, 5) is 10.3. The second-order valence-corrected chi connectivity index (χ2v) is 6.58. The van der Waals surface area contributed by atoms with Crippen molar-refractivity contribution in [2.24, 2.45) is 5.92 Å². The summed E-state index contributed by atoms with van der Waals surface area (Å²) in [6, 6.07) is 0. The Labute approximate surface area is 146 Å². The van der Waals surface area contributed by atoms with Crippen molar-refractivity contribution in [3.8, 4) is 11.8 Å². The molecule has 3 heteroatoms. The van der Waals surface area contributed by atoms with Crippen molar-refractivity contribution in [2.45, 2.75) is 83.2 Å². The second-order valence-electron chi connectivity index (χ2n) is 6.58. The predicted octanol–water partition coefficient (Wildman–Crippen LogP) is 4.86. The molecule has 3 nitrogen and oxygen atoms in total. The lowest BCUT2D eigenvalue weighted by Gasteiger charge is -2.23. The molecule has 1 aliphatic rings. The lowest BCUT2D eigenvalue weighted by molar-refractivity contribution is -0.137. The van der Waals surface area contributed by atoms with Crippen molar-refractivity contribution in [1.29, 1.82) is 0 Å². The van der Waals surface area contributed by atoms with Crippen LogP contribution in [0.5, 0.6) is 0 Å². The van der Waals surface area contributed by atoms with E-state index in [0.717, 1.165) is 51.4 Å². The fourth-order valence-electron chi connectivity index (χ4n) is 2.97. The maximum atomic E-state index is 10.3. The van der Waals surface area contributed by atoms with Gasteiger partial charge < -0.3 is 10.2 Å². The molecule has 0 amide bonds. The molecule has 2 N–H and O–H groups in total. The number of aliphatic carboxylic acids is 1. The van der Waals surface area contributed by atoms with Crippen LogP contribution in [0.3, 0.4) is 0 Å². The summed E-state index contributed by atoms with van der Waals surface area (Å²) >= 11 is 0. The van der Waals surface area contributed by atoms with E-state index in [1.807, 2.05) is 6.08 Å². The quantitative estimate of drug-likeness (QED) is 0.341. The molecule has 1 unspecified atom stereocenters. The van der Waals surface area contributed by atoms with Crippen molar-refractivity contribution in [3.63, 3.8) is 0 Å². The van der Waals surface area contributed by atoms with Gasteiger partial charge >= 0.3 is 5.97 Å². The van der Waals surface area contributed by atoms with Gasteiger partial charge in [0.15, 0.2) is 0 Å². The first kappa shape index (κ1) is 20.5. The Morgan fingerprint density at radius 1 is 1.00 bits per heavy atom. The van der Waals surface area contributed by atoms with Gasteiger partial charge in [0.1, 0.15) is 6.10 Å². The van der Waals surface area contributed by atoms with Crippen LogP contribution in [0.25, 0.3) is 0 Å². The molecule has 0 saturated heterocycles. The maximum Gasteiger partial charge on any atom is 0.303 e. The minimum Gasteiger partial charge on any atom is -0.481 e. The highest BCUT2D eigenvalue weighted by Gasteiger charge is 2.19. The Balaban J connectivity index is 1.99. The van der Waals surface area contributed by atoms with Crippen molar-refractivity contribution >= 4 is 5.97 Å². The highest BCUT2D eigenvalue weighted by atomic mass is 16.4. The molecule has 0 aromatic heterocycles. The molecule has 1 rings (SSSR count). The Kier molecular flexibility index (Phi) is 11.9. The number of aliphatic hydroxyl groups excluding tert-OH is 1. The van der Waals surface area contributed by atoms with Gasteiger partial charge in [0.2, 0.25) is 0 Å². The third-order valence-electron chi connectivity index (χ3n) is 4.45. The van der Waals surface area contributed by atoms with Gasteiger partial charge in [0.25, 0.3) is 0 Å². The van der Waals surface area contributed by atoms with Gasteiger partial charge in [-0.15, -0.1) is 0 Å². The van der Waals surface area contributed by atoms with Gasteiger partial charge in [-0.05, 0) is 63.4 Å². The number of hydrogen-bond acceptors (Lipinski definition) is 2. The van der Waals surface area contributed by atoms with Crippen LogP contribution < -0.4 is 0 Å². The van der Waals surface area contributed by atoms with E-state index < -0.39 is 12.1 Å². The van der Waals surface area contributed by atoms with Crippen LogP contribution >= 0.6 is 0 Å². The molecule has 0 bridgehead atoms. The zero-order chi connectivity index (χ0) is 17.5. The fraction of sp³-hybridized carbons (Fsp3) is 0.667. The molecule has 1 saturated carbocycles. The molecule has 0 radical (unpaired) electrons. The van der Waals surface area contributed by atoms with Crippen molar-refractivity contribution in [1.82, 2.24) is 0 Å². The number of carboxylic acids is 1. The first-order valence-corrected chi connectivity index (χ1v) is 9.41. The number of allylic oxidation sites excluding steroid dienone is 4. The minimum atomic E-state index is -0.718. The third-order valence-corrected chi connectivity index (χ3v) is 4.45. The number of hydrogen-bond donors (Lipinski definition) is 2. The summed E-state index contributed by atoms with van der Waals surface area (Å²) in [5.41, 5.74) is 0. The van der Waals surface area contributed by atoms with Gasteiger partial charge in [-0.1, -0.05) is 49.3 Å². The summed E-state index contributed by atoms with van der Waals surface area (Å²) in [5, 5.41) is 18.5. The average Bonchev–Trinajstić information content (AvgIpc) is 2.59. The van der Waals surface area contributed by atoms with E-state index >= 15 is 0 Å². The SMILES string of the molecule is O=C(O)CCC/C=C\CCCC/C=C\C#CC(O)C1CCCCC1. The van der Waals surface area contributed by atoms with E-state index in [2.05, 4.69) is 30.1 Å². The zero-order valence-corrected chi connectivity index (χ0v) is 14.8. The molecule has 0 heterocycles. The molecular weight excluding hydrogens is 300 g/mol. The van der Waals surface area contributed by atoms with Crippen molar-refractivity contribution < 1.29 is 15.0 Å². The van der Waals surface area contributed by atoms with Crippen molar-refractivity contribution in [3.05, 3.63) is 24.3 Å². The first-order chi connectivity index (χ1) is 11.7. The standard InChI is InChI=1S/C21H32O3/c22-20(19-15-11-10-12-16-19)17-13-8-6-4-2-1-3-5-7-9-14-18-21(23)24/h5-8,19-20,22H,1-4,9-12,14-16,18H2,(H,23,24)/b7-5-,8-6-. The third kappa shape index (κ3) is 11.1. The van der Waals surface area contributed by atoms with Gasteiger partial charge in [-0.2, -0.15) is 0 Å². The summed E-state index contributed by atoms with van der Waals surface area (Å²) in [7, 11) is 0. The maximum absolute atomic E-state index is 10.3. The molecule has 0 aromatic rings. The summed E-state index contributed by atoms with van der Waals surface area (Å²) in [6.45, 7) is 0. The smallest absolute Gasteiger partial charge is 0.303 e. The lowest BCUT2D eigenvalue weighted by atomic mass is 9.85. The number of carboxylic acid groups (broad SMARTS) is 1. The Morgan fingerprint density at radius 2 is 1.62 bits per heavy atom. The normalized spacial score (nSPS) is 17.0. The van der Waals surface area contributed by atoms with Crippen LogP contribution in [0.15, 0.2) is 24.3 Å². The van der Waals surface area contributed by atoms with E-state index in [0.29, 0.717) is 5.92 Å². The van der Waals surface area contributed by atoms with E-state index in [-0.39, 0.29) is 6.42 Å². The summed E-state index contributed by atoms with van der Waals surface area (Å²) in [5.74, 6) is 5.59. The molecular formula is C21H32O3. The topological polar surface area (TPSA) is 57.5 Å². The van der Waals surface area contributed by atoms with Gasteiger partial charge in [0, 0.05) is 6.42 Å². The zero-order valence-electron chi connectivity index (χ0n) is 14.8. The van der Waals surface area contributed by atoms with Crippen LogP contribution in [-0.2, 0) is 4.79 Å². The van der Waals surface area contributed by atoms with Gasteiger partial charge in [-0.25, -0.2) is 0 Å². The average molecular weight is 332 g/mol. The van der Waals surface area contributed by atoms with E-state index in [1.165, 1.54) is 19.3 Å². The number of unbranched alkanes of at least 4 members (excludes halogenated alkanes) is 4. The second kappa shape index (κ2) is 13.9. The van der Waals surface area contributed by atoms with Crippen LogP contribution in [0.1, 0.15) is 77.0 Å².